The van der Waals surface area contributed by atoms with E-state index in [1.54, 1.807) is 0 Å². The number of hydrogen-bond donors (Lipinski definition) is 2. The minimum absolute atomic E-state index is 0.0578. The van der Waals surface area contributed by atoms with Crippen LogP contribution >= 0.6 is 0 Å². The molecule has 0 heterocycles. The van der Waals surface area contributed by atoms with Crippen molar-refractivity contribution in [3.63, 3.8) is 0 Å². The highest BCUT2D eigenvalue weighted by molar-refractivity contribution is 5.29. The molecule has 0 aliphatic heterocycles. The Morgan fingerprint density at radius 2 is 1.88 bits per heavy atom. The van der Waals surface area contributed by atoms with E-state index in [1.807, 2.05) is 38.1 Å². The van der Waals surface area contributed by atoms with Crippen molar-refractivity contribution in [2.24, 2.45) is 0 Å². The van der Waals surface area contributed by atoms with Gasteiger partial charge in [-0.25, -0.2) is 0 Å². The van der Waals surface area contributed by atoms with E-state index in [9.17, 15) is 5.11 Å². The second-order valence-electron chi connectivity index (χ2n) is 4.21. The molecule has 0 radical (unpaired) electrons. The van der Waals surface area contributed by atoms with Gasteiger partial charge < -0.3 is 15.2 Å². The molecule has 2 atom stereocenters. The first-order valence-corrected chi connectivity index (χ1v) is 6.33. The number of aliphatic hydroxyl groups is 1. The van der Waals surface area contributed by atoms with Crippen molar-refractivity contribution in [2.75, 3.05) is 13.2 Å². The topological polar surface area (TPSA) is 41.5 Å². The zero-order chi connectivity index (χ0) is 12.7. The highest BCUT2D eigenvalue weighted by atomic mass is 16.5. The van der Waals surface area contributed by atoms with Crippen LogP contribution in [0.1, 0.15) is 38.9 Å². The summed E-state index contributed by atoms with van der Waals surface area (Å²) in [5.41, 5.74) is 0.919. The van der Waals surface area contributed by atoms with Crippen LogP contribution in [0.2, 0.25) is 0 Å². The molecule has 1 aromatic carbocycles. The van der Waals surface area contributed by atoms with E-state index in [0.29, 0.717) is 0 Å². The first kappa shape index (κ1) is 14.0. The number of ether oxygens (including phenoxy) is 1. The van der Waals surface area contributed by atoms with Crippen LogP contribution in [0, 0.1) is 0 Å². The number of nitrogens with one attached hydrogen (secondary N) is 1. The Bertz CT molecular complexity index is 311. The highest BCUT2D eigenvalue weighted by Crippen LogP contribution is 2.20. The number of benzene rings is 1. The lowest BCUT2D eigenvalue weighted by atomic mass is 10.0. The molecule has 2 N–H and O–H groups in total. The SMILES string of the molecule is CCCOc1ccc(C(O)C(C)NCC)cc1. The molecule has 96 valence electrons. The van der Waals surface area contributed by atoms with Gasteiger partial charge in [0.1, 0.15) is 5.75 Å². The summed E-state index contributed by atoms with van der Waals surface area (Å²) < 4.78 is 5.50. The van der Waals surface area contributed by atoms with Crippen LogP contribution in [0.25, 0.3) is 0 Å². The van der Waals surface area contributed by atoms with Gasteiger partial charge in [0.05, 0.1) is 12.7 Å². The van der Waals surface area contributed by atoms with Crippen LogP contribution in [-0.4, -0.2) is 24.3 Å². The first-order chi connectivity index (χ1) is 8.19. The van der Waals surface area contributed by atoms with Crippen molar-refractivity contribution in [3.8, 4) is 5.75 Å². The summed E-state index contributed by atoms with van der Waals surface area (Å²) in [6.45, 7) is 7.68. The fraction of sp³-hybridized carbons (Fsp3) is 0.571. The second-order valence-corrected chi connectivity index (χ2v) is 4.21. The van der Waals surface area contributed by atoms with Gasteiger partial charge in [-0.2, -0.15) is 0 Å². The lowest BCUT2D eigenvalue weighted by molar-refractivity contribution is 0.137. The van der Waals surface area contributed by atoms with Gasteiger partial charge in [0, 0.05) is 6.04 Å². The Balaban J connectivity index is 2.60. The molecule has 0 saturated heterocycles. The summed E-state index contributed by atoms with van der Waals surface area (Å²) in [4.78, 5) is 0. The van der Waals surface area contributed by atoms with E-state index in [0.717, 1.165) is 30.9 Å². The summed E-state index contributed by atoms with van der Waals surface area (Å²) in [6.07, 6.45) is 0.525. The van der Waals surface area contributed by atoms with Crippen molar-refractivity contribution in [2.45, 2.75) is 39.3 Å². The summed E-state index contributed by atoms with van der Waals surface area (Å²) in [7, 11) is 0. The van der Waals surface area contributed by atoms with Gasteiger partial charge in [-0.3, -0.25) is 0 Å². The maximum Gasteiger partial charge on any atom is 0.119 e. The van der Waals surface area contributed by atoms with E-state index in [-0.39, 0.29) is 6.04 Å². The van der Waals surface area contributed by atoms with Crippen LogP contribution in [-0.2, 0) is 0 Å². The van der Waals surface area contributed by atoms with Crippen molar-refractivity contribution >= 4 is 0 Å². The van der Waals surface area contributed by atoms with Crippen molar-refractivity contribution in [1.82, 2.24) is 5.32 Å². The van der Waals surface area contributed by atoms with E-state index in [2.05, 4.69) is 12.2 Å². The summed E-state index contributed by atoms with van der Waals surface area (Å²) in [6, 6.07) is 7.72. The molecular formula is C14H23NO2. The Morgan fingerprint density at radius 3 is 2.41 bits per heavy atom. The first-order valence-electron chi connectivity index (χ1n) is 6.33. The summed E-state index contributed by atoms with van der Waals surface area (Å²) in [5, 5.41) is 13.3. The third-order valence-corrected chi connectivity index (χ3v) is 2.69. The molecule has 0 spiro atoms. The normalized spacial score (nSPS) is 14.4. The van der Waals surface area contributed by atoms with Crippen LogP contribution in [0.4, 0.5) is 0 Å². The number of likely N-dealkylation sites (N-methyl/N-ethyl adjacent to an activating group) is 1. The maximum atomic E-state index is 10.1. The van der Waals surface area contributed by atoms with Gasteiger partial charge in [0.15, 0.2) is 0 Å². The minimum Gasteiger partial charge on any atom is -0.494 e. The molecule has 17 heavy (non-hydrogen) atoms. The van der Waals surface area contributed by atoms with Gasteiger partial charge in [-0.1, -0.05) is 26.0 Å². The molecule has 0 aromatic heterocycles. The Hall–Kier alpha value is -1.06. The quantitative estimate of drug-likeness (QED) is 0.765. The zero-order valence-corrected chi connectivity index (χ0v) is 10.9. The Morgan fingerprint density at radius 1 is 1.24 bits per heavy atom. The lowest BCUT2D eigenvalue weighted by Gasteiger charge is -2.20. The molecule has 3 heteroatoms. The fourth-order valence-electron chi connectivity index (χ4n) is 1.70. The monoisotopic (exact) mass is 237 g/mol. The molecule has 0 saturated carbocycles. The molecule has 0 bridgehead atoms. The predicted molar refractivity (Wildman–Crippen MR) is 70.3 cm³/mol. The maximum absolute atomic E-state index is 10.1. The number of hydrogen-bond acceptors (Lipinski definition) is 3. The number of rotatable bonds is 7. The summed E-state index contributed by atoms with van der Waals surface area (Å²) >= 11 is 0. The predicted octanol–water partition coefficient (Wildman–Crippen LogP) is 2.51. The van der Waals surface area contributed by atoms with Gasteiger partial charge >= 0.3 is 0 Å². The second kappa shape index (κ2) is 7.30. The molecule has 2 unspecified atom stereocenters. The third-order valence-electron chi connectivity index (χ3n) is 2.69. The molecule has 0 aliphatic rings. The van der Waals surface area contributed by atoms with Crippen molar-refractivity contribution in [1.29, 1.82) is 0 Å². The highest BCUT2D eigenvalue weighted by Gasteiger charge is 2.14. The zero-order valence-electron chi connectivity index (χ0n) is 10.9. The smallest absolute Gasteiger partial charge is 0.119 e. The van der Waals surface area contributed by atoms with Gasteiger partial charge in [0.2, 0.25) is 0 Å². The van der Waals surface area contributed by atoms with Crippen molar-refractivity contribution in [3.05, 3.63) is 29.8 Å². The number of aliphatic hydroxyl groups excluding tert-OH is 1. The molecule has 0 fully saturated rings. The van der Waals surface area contributed by atoms with Crippen LogP contribution in [0.3, 0.4) is 0 Å². The Kier molecular flexibility index (Phi) is 6.01. The van der Waals surface area contributed by atoms with Crippen LogP contribution in [0.5, 0.6) is 5.75 Å². The van der Waals surface area contributed by atoms with E-state index < -0.39 is 6.10 Å². The molecular weight excluding hydrogens is 214 g/mol. The molecule has 0 aliphatic carbocycles. The van der Waals surface area contributed by atoms with Crippen LogP contribution < -0.4 is 10.1 Å². The van der Waals surface area contributed by atoms with Gasteiger partial charge in [-0.05, 0) is 37.6 Å². The Labute approximate surface area is 104 Å². The fourth-order valence-corrected chi connectivity index (χ4v) is 1.70. The third kappa shape index (κ3) is 4.36. The van der Waals surface area contributed by atoms with Crippen LogP contribution in [0.15, 0.2) is 24.3 Å². The average Bonchev–Trinajstić information content (AvgIpc) is 2.36. The molecule has 1 aromatic rings. The molecule has 1 rings (SSSR count). The lowest BCUT2D eigenvalue weighted by Crippen LogP contribution is -2.31. The average molecular weight is 237 g/mol. The molecule has 0 amide bonds. The van der Waals surface area contributed by atoms with E-state index in [4.69, 9.17) is 4.74 Å². The van der Waals surface area contributed by atoms with Crippen molar-refractivity contribution < 1.29 is 9.84 Å². The minimum atomic E-state index is -0.477. The van der Waals surface area contributed by atoms with E-state index in [1.165, 1.54) is 0 Å². The van der Waals surface area contributed by atoms with Gasteiger partial charge in [0.25, 0.3) is 0 Å². The standard InChI is InChI=1S/C14H23NO2/c1-4-10-17-13-8-6-12(7-9-13)14(16)11(3)15-5-2/h6-9,11,14-16H,4-5,10H2,1-3H3. The largest absolute Gasteiger partial charge is 0.494 e. The molecule has 3 nitrogen and oxygen atoms in total. The summed E-state index contributed by atoms with van der Waals surface area (Å²) in [5.74, 6) is 0.860. The van der Waals surface area contributed by atoms with E-state index >= 15 is 0 Å². The van der Waals surface area contributed by atoms with Gasteiger partial charge in [-0.15, -0.1) is 0 Å².